The summed E-state index contributed by atoms with van der Waals surface area (Å²) in [7, 11) is 0. The van der Waals surface area contributed by atoms with Crippen molar-refractivity contribution in [3.8, 4) is 0 Å². The molecule has 0 atom stereocenters. The van der Waals surface area contributed by atoms with Crippen LogP contribution < -0.4 is 11.1 Å². The molecule has 4 N–H and O–H groups in total. The second-order valence-corrected chi connectivity index (χ2v) is 5.47. The highest BCUT2D eigenvalue weighted by Crippen LogP contribution is 2.27. The third kappa shape index (κ3) is 2.49. The number of nitrogens with two attached hydrogens (primary N) is 1. The molecule has 3 rings (SSSR count). The third-order valence-corrected chi connectivity index (χ3v) is 4.10. The number of hydrogen-bond acceptors (Lipinski definition) is 5. The van der Waals surface area contributed by atoms with E-state index in [4.69, 9.17) is 10.8 Å². The Balaban J connectivity index is 1.94. The van der Waals surface area contributed by atoms with E-state index in [-0.39, 0.29) is 23.0 Å². The molecule has 0 radical (unpaired) electrons. The maximum absolute atomic E-state index is 12.4. The van der Waals surface area contributed by atoms with Gasteiger partial charge in [0.25, 0.3) is 5.91 Å². The summed E-state index contributed by atoms with van der Waals surface area (Å²) in [6.45, 7) is 0. The number of rotatable bonds is 3. The van der Waals surface area contributed by atoms with Gasteiger partial charge in [-0.15, -0.1) is 11.3 Å². The Morgan fingerprint density at radius 2 is 2.05 bits per heavy atom. The molecule has 2 heterocycles. The SMILES string of the molecule is Nc1ncc(C(=O)O)cc1NC(=O)c1csc2ccccc12. The summed E-state index contributed by atoms with van der Waals surface area (Å²) in [5.74, 6) is -1.42. The van der Waals surface area contributed by atoms with E-state index in [0.29, 0.717) is 5.56 Å². The number of thiophene rings is 1. The van der Waals surface area contributed by atoms with Crippen molar-refractivity contribution in [3.63, 3.8) is 0 Å². The van der Waals surface area contributed by atoms with Crippen molar-refractivity contribution in [1.29, 1.82) is 0 Å². The molecule has 0 aliphatic carbocycles. The smallest absolute Gasteiger partial charge is 0.337 e. The molecular weight excluding hydrogens is 302 g/mol. The number of carbonyl (C=O) groups excluding carboxylic acids is 1. The van der Waals surface area contributed by atoms with Crippen LogP contribution in [0.1, 0.15) is 20.7 Å². The number of nitrogens with zero attached hydrogens (tertiary/aromatic N) is 1. The predicted molar refractivity (Wildman–Crippen MR) is 85.4 cm³/mol. The van der Waals surface area contributed by atoms with Crippen LogP contribution in [0.3, 0.4) is 0 Å². The van der Waals surface area contributed by atoms with Crippen molar-refractivity contribution < 1.29 is 14.7 Å². The minimum Gasteiger partial charge on any atom is -0.478 e. The molecule has 22 heavy (non-hydrogen) atoms. The Kier molecular flexibility index (Phi) is 3.48. The lowest BCUT2D eigenvalue weighted by molar-refractivity contribution is 0.0696. The number of nitrogen functional groups attached to an aromatic ring is 1. The summed E-state index contributed by atoms with van der Waals surface area (Å²) in [5, 5.41) is 14.2. The van der Waals surface area contributed by atoms with Gasteiger partial charge in [0.2, 0.25) is 0 Å². The van der Waals surface area contributed by atoms with Gasteiger partial charge in [-0.1, -0.05) is 18.2 Å². The van der Waals surface area contributed by atoms with E-state index in [0.717, 1.165) is 16.3 Å². The highest BCUT2D eigenvalue weighted by molar-refractivity contribution is 7.17. The van der Waals surface area contributed by atoms with Crippen LogP contribution >= 0.6 is 11.3 Å². The average molecular weight is 313 g/mol. The van der Waals surface area contributed by atoms with E-state index in [2.05, 4.69) is 10.3 Å². The predicted octanol–water partition coefficient (Wildman–Crippen LogP) is 2.83. The topological polar surface area (TPSA) is 105 Å². The van der Waals surface area contributed by atoms with Crippen LogP contribution in [0, 0.1) is 0 Å². The molecule has 0 fully saturated rings. The van der Waals surface area contributed by atoms with Crippen LogP contribution in [0.15, 0.2) is 41.9 Å². The number of carbonyl (C=O) groups is 2. The second kappa shape index (κ2) is 5.45. The normalized spacial score (nSPS) is 10.5. The van der Waals surface area contributed by atoms with E-state index in [1.165, 1.54) is 17.4 Å². The Bertz CT molecular complexity index is 889. The van der Waals surface area contributed by atoms with Crippen LogP contribution in [0.2, 0.25) is 0 Å². The number of aromatic carboxylic acids is 1. The largest absolute Gasteiger partial charge is 0.478 e. The standard InChI is InChI=1S/C15H11N3O3S/c16-13-11(5-8(6-17-13)15(20)21)18-14(19)10-7-22-12-4-2-1-3-9(10)12/h1-7H,(H2,16,17)(H,18,19)(H,20,21). The van der Waals surface area contributed by atoms with E-state index in [9.17, 15) is 9.59 Å². The van der Waals surface area contributed by atoms with Crippen LogP contribution in [0.25, 0.3) is 10.1 Å². The zero-order valence-electron chi connectivity index (χ0n) is 11.2. The molecule has 0 spiro atoms. The van der Waals surface area contributed by atoms with Crippen LogP contribution in [0.4, 0.5) is 11.5 Å². The fourth-order valence-corrected chi connectivity index (χ4v) is 2.98. The van der Waals surface area contributed by atoms with E-state index in [1.54, 1.807) is 5.38 Å². The van der Waals surface area contributed by atoms with Gasteiger partial charge in [-0.05, 0) is 12.1 Å². The molecule has 1 aromatic carbocycles. The number of carboxylic acids is 1. The van der Waals surface area contributed by atoms with Gasteiger partial charge in [0.05, 0.1) is 16.8 Å². The molecule has 0 saturated heterocycles. The number of benzene rings is 1. The third-order valence-electron chi connectivity index (χ3n) is 3.14. The summed E-state index contributed by atoms with van der Waals surface area (Å²) in [5.41, 5.74) is 6.34. The van der Waals surface area contributed by atoms with Crippen molar-refractivity contribution in [2.24, 2.45) is 0 Å². The van der Waals surface area contributed by atoms with Crippen molar-refractivity contribution in [3.05, 3.63) is 53.0 Å². The second-order valence-electron chi connectivity index (χ2n) is 4.56. The Morgan fingerprint density at radius 3 is 2.82 bits per heavy atom. The lowest BCUT2D eigenvalue weighted by Crippen LogP contribution is -2.14. The number of anilines is 2. The van der Waals surface area contributed by atoms with Crippen molar-refractivity contribution in [2.45, 2.75) is 0 Å². The van der Waals surface area contributed by atoms with Crippen LogP contribution in [-0.4, -0.2) is 22.0 Å². The fourth-order valence-electron chi connectivity index (χ4n) is 2.04. The first-order chi connectivity index (χ1) is 10.6. The highest BCUT2D eigenvalue weighted by atomic mass is 32.1. The van der Waals surface area contributed by atoms with E-state index < -0.39 is 5.97 Å². The van der Waals surface area contributed by atoms with E-state index >= 15 is 0 Å². The van der Waals surface area contributed by atoms with Crippen LogP contribution in [0.5, 0.6) is 0 Å². The molecule has 0 saturated carbocycles. The zero-order chi connectivity index (χ0) is 15.7. The number of amides is 1. The maximum Gasteiger partial charge on any atom is 0.337 e. The molecular formula is C15H11N3O3S. The number of fused-ring (bicyclic) bond motifs is 1. The summed E-state index contributed by atoms with van der Waals surface area (Å²) in [6.07, 6.45) is 1.15. The fraction of sp³-hybridized carbons (Fsp3) is 0. The number of pyridine rings is 1. The van der Waals surface area contributed by atoms with Crippen LogP contribution in [-0.2, 0) is 0 Å². The monoisotopic (exact) mass is 313 g/mol. The molecule has 1 amide bonds. The summed E-state index contributed by atoms with van der Waals surface area (Å²) in [6, 6.07) is 8.83. The Labute approximate surface area is 129 Å². The Morgan fingerprint density at radius 1 is 1.27 bits per heavy atom. The quantitative estimate of drug-likeness (QED) is 0.689. The minimum absolute atomic E-state index is 0.0420. The van der Waals surface area contributed by atoms with Gasteiger partial charge in [-0.3, -0.25) is 4.79 Å². The van der Waals surface area contributed by atoms with Gasteiger partial charge in [0.1, 0.15) is 5.82 Å². The molecule has 0 bridgehead atoms. The Hall–Kier alpha value is -2.93. The van der Waals surface area contributed by atoms with Gasteiger partial charge < -0.3 is 16.2 Å². The lowest BCUT2D eigenvalue weighted by Gasteiger charge is -2.08. The molecule has 110 valence electrons. The number of hydrogen-bond donors (Lipinski definition) is 3. The van der Waals surface area contributed by atoms with Crippen molar-refractivity contribution in [1.82, 2.24) is 4.98 Å². The first-order valence-electron chi connectivity index (χ1n) is 6.32. The van der Waals surface area contributed by atoms with Crippen molar-refractivity contribution in [2.75, 3.05) is 11.1 Å². The van der Waals surface area contributed by atoms with Gasteiger partial charge in [-0.2, -0.15) is 0 Å². The average Bonchev–Trinajstić information content (AvgIpc) is 2.93. The van der Waals surface area contributed by atoms with E-state index in [1.807, 2.05) is 24.3 Å². The highest BCUT2D eigenvalue weighted by Gasteiger charge is 2.15. The molecule has 7 heteroatoms. The molecule has 0 aliphatic heterocycles. The summed E-state index contributed by atoms with van der Waals surface area (Å²) < 4.78 is 0.998. The molecule has 6 nitrogen and oxygen atoms in total. The number of nitrogens with one attached hydrogen (secondary N) is 1. The molecule has 0 aliphatic rings. The first kappa shape index (κ1) is 14.0. The van der Waals surface area contributed by atoms with Gasteiger partial charge >= 0.3 is 5.97 Å². The first-order valence-corrected chi connectivity index (χ1v) is 7.20. The number of carboxylic acid groups (broad SMARTS) is 1. The number of aromatic nitrogens is 1. The summed E-state index contributed by atoms with van der Waals surface area (Å²) >= 11 is 1.46. The maximum atomic E-state index is 12.4. The van der Waals surface area contributed by atoms with Gasteiger partial charge in [-0.25, -0.2) is 9.78 Å². The van der Waals surface area contributed by atoms with Gasteiger partial charge in [0.15, 0.2) is 0 Å². The summed E-state index contributed by atoms with van der Waals surface area (Å²) in [4.78, 5) is 27.1. The zero-order valence-corrected chi connectivity index (χ0v) is 12.1. The molecule has 3 aromatic rings. The van der Waals surface area contributed by atoms with Gasteiger partial charge in [0, 0.05) is 21.7 Å². The minimum atomic E-state index is -1.14. The molecule has 2 aromatic heterocycles. The lowest BCUT2D eigenvalue weighted by atomic mass is 10.1. The van der Waals surface area contributed by atoms with Crippen molar-refractivity contribution >= 4 is 44.8 Å². The molecule has 0 unspecified atom stereocenters.